The average molecular weight is 969 g/mol. The van der Waals surface area contributed by atoms with Gasteiger partial charge in [0.25, 0.3) is 0 Å². The van der Waals surface area contributed by atoms with Crippen LogP contribution in [0.1, 0.15) is 316 Å². The van der Waals surface area contributed by atoms with E-state index in [1.165, 1.54) is 193 Å². The number of allylic oxidation sites excluding steroid dienone is 8. The van der Waals surface area contributed by atoms with E-state index < -0.39 is 12.1 Å². The van der Waals surface area contributed by atoms with Crippen LogP contribution in [0.4, 0.5) is 0 Å². The maximum atomic E-state index is 12.5. The highest BCUT2D eigenvalue weighted by molar-refractivity contribution is 5.76. The molecule has 6 nitrogen and oxygen atoms in total. The molecule has 0 spiro atoms. The molecule has 0 saturated heterocycles. The van der Waals surface area contributed by atoms with E-state index >= 15 is 0 Å². The van der Waals surface area contributed by atoms with Crippen molar-refractivity contribution in [3.8, 4) is 0 Å². The third-order valence-corrected chi connectivity index (χ3v) is 13.9. The molecule has 2 unspecified atom stereocenters. The van der Waals surface area contributed by atoms with Crippen LogP contribution in [0.2, 0.25) is 0 Å². The number of hydrogen-bond acceptors (Lipinski definition) is 5. The summed E-state index contributed by atoms with van der Waals surface area (Å²) in [6.07, 6.45) is 73.9. The molecular formula is C63H117NO5. The SMILES string of the molecule is CCCCC/C=C\C/C=C\CCCCCCCC(=O)OCCCCC/C=C\C=C/CCCCCCCCC(=O)NC(CO)C(O)CCCCCCCCCCCCCCCCCCCCCCCC. The number of carbonyl (C=O) groups is 2. The molecule has 0 fully saturated rings. The van der Waals surface area contributed by atoms with Gasteiger partial charge in [-0.05, 0) is 89.9 Å². The third kappa shape index (κ3) is 55.0. The zero-order chi connectivity index (χ0) is 50.0. The van der Waals surface area contributed by atoms with E-state index in [0.717, 1.165) is 89.9 Å². The van der Waals surface area contributed by atoms with E-state index in [4.69, 9.17) is 4.74 Å². The second-order valence-electron chi connectivity index (χ2n) is 20.7. The van der Waals surface area contributed by atoms with Crippen molar-refractivity contribution in [3.63, 3.8) is 0 Å². The lowest BCUT2D eigenvalue weighted by molar-refractivity contribution is -0.143. The number of unbranched alkanes of at least 4 members (excludes halogenated alkanes) is 38. The number of aliphatic hydroxyl groups is 2. The Kier molecular flexibility index (Phi) is 56.5. The first-order valence-corrected chi connectivity index (χ1v) is 30.4. The summed E-state index contributed by atoms with van der Waals surface area (Å²) in [7, 11) is 0. The van der Waals surface area contributed by atoms with Crippen LogP contribution in [-0.4, -0.2) is 47.4 Å². The van der Waals surface area contributed by atoms with Gasteiger partial charge < -0.3 is 20.3 Å². The number of hydrogen-bond donors (Lipinski definition) is 3. The smallest absolute Gasteiger partial charge is 0.305 e. The number of carbonyl (C=O) groups excluding carboxylic acids is 2. The molecule has 0 aromatic rings. The average Bonchev–Trinajstić information content (AvgIpc) is 3.35. The van der Waals surface area contributed by atoms with E-state index in [0.29, 0.717) is 25.9 Å². The predicted octanol–water partition coefficient (Wildman–Crippen LogP) is 19.0. The zero-order valence-electron chi connectivity index (χ0n) is 46.0. The molecule has 0 aliphatic heterocycles. The second-order valence-corrected chi connectivity index (χ2v) is 20.7. The normalized spacial score (nSPS) is 12.9. The van der Waals surface area contributed by atoms with Gasteiger partial charge in [0, 0.05) is 12.8 Å². The minimum absolute atomic E-state index is 0.0355. The van der Waals surface area contributed by atoms with E-state index in [-0.39, 0.29) is 18.5 Å². The fourth-order valence-electron chi connectivity index (χ4n) is 9.19. The fourth-order valence-corrected chi connectivity index (χ4v) is 9.19. The summed E-state index contributed by atoms with van der Waals surface area (Å²) in [5.74, 6) is -0.0917. The third-order valence-electron chi connectivity index (χ3n) is 13.9. The summed E-state index contributed by atoms with van der Waals surface area (Å²) in [6.45, 7) is 4.88. The van der Waals surface area contributed by atoms with Crippen molar-refractivity contribution >= 4 is 11.9 Å². The number of amides is 1. The van der Waals surface area contributed by atoms with Crippen LogP contribution in [0.25, 0.3) is 0 Å². The summed E-state index contributed by atoms with van der Waals surface area (Å²) in [5, 5.41) is 23.3. The van der Waals surface area contributed by atoms with Gasteiger partial charge in [-0.15, -0.1) is 0 Å². The molecule has 0 aliphatic rings. The molecule has 0 bridgehead atoms. The van der Waals surface area contributed by atoms with Crippen LogP contribution in [0.5, 0.6) is 0 Å². The largest absolute Gasteiger partial charge is 0.466 e. The van der Waals surface area contributed by atoms with Crippen molar-refractivity contribution in [2.75, 3.05) is 13.2 Å². The number of rotatable bonds is 56. The molecule has 0 radical (unpaired) electrons. The maximum Gasteiger partial charge on any atom is 0.305 e. The van der Waals surface area contributed by atoms with Crippen molar-refractivity contribution in [2.24, 2.45) is 0 Å². The Morgan fingerprint density at radius 2 is 0.768 bits per heavy atom. The number of ether oxygens (including phenoxy) is 1. The van der Waals surface area contributed by atoms with Crippen LogP contribution in [0.15, 0.2) is 48.6 Å². The van der Waals surface area contributed by atoms with Gasteiger partial charge in [-0.1, -0.05) is 262 Å². The topological polar surface area (TPSA) is 95.9 Å². The van der Waals surface area contributed by atoms with Crippen molar-refractivity contribution < 1.29 is 24.5 Å². The van der Waals surface area contributed by atoms with Crippen molar-refractivity contribution in [1.82, 2.24) is 5.32 Å². The van der Waals surface area contributed by atoms with E-state index in [9.17, 15) is 19.8 Å². The summed E-state index contributed by atoms with van der Waals surface area (Å²) in [6, 6.07) is -0.561. The first kappa shape index (κ1) is 66.8. The number of aliphatic hydroxyl groups excluding tert-OH is 2. The summed E-state index contributed by atoms with van der Waals surface area (Å²) in [5.41, 5.74) is 0. The zero-order valence-corrected chi connectivity index (χ0v) is 46.0. The second kappa shape index (κ2) is 58.4. The summed E-state index contributed by atoms with van der Waals surface area (Å²) < 4.78 is 5.44. The molecule has 0 aliphatic carbocycles. The van der Waals surface area contributed by atoms with Gasteiger partial charge in [0.2, 0.25) is 5.91 Å². The van der Waals surface area contributed by atoms with Crippen LogP contribution in [-0.2, 0) is 14.3 Å². The van der Waals surface area contributed by atoms with Crippen LogP contribution < -0.4 is 5.32 Å². The quantitative estimate of drug-likeness (QED) is 0.0244. The standard InChI is InChI=1S/C63H117NO5/c1-3-5-7-9-11-13-15-17-19-20-21-22-23-24-25-28-31-35-39-43-47-51-55-61(66)60(59-65)64-62(67)56-52-48-44-40-36-32-29-26-30-34-38-42-46-50-54-58-69-63(68)57-53-49-45-41-37-33-27-18-16-14-12-10-8-6-4-2/h12,14,18,26-27,30,34,38,60-61,65-66H,3-11,13,15-17,19-25,28-29,31-33,35-37,39-59H2,1-2H3,(H,64,67)/b14-12-,27-18-,30-26-,38-34-. The highest BCUT2D eigenvalue weighted by Crippen LogP contribution is 2.17. The fraction of sp³-hybridized carbons (Fsp3) is 0.841. The predicted molar refractivity (Wildman–Crippen MR) is 301 cm³/mol. The van der Waals surface area contributed by atoms with Crippen LogP contribution >= 0.6 is 0 Å². The molecule has 1 amide bonds. The first-order chi connectivity index (χ1) is 34.0. The molecule has 0 aromatic carbocycles. The lowest BCUT2D eigenvalue weighted by Crippen LogP contribution is -2.45. The lowest BCUT2D eigenvalue weighted by Gasteiger charge is -2.22. The molecule has 0 heterocycles. The van der Waals surface area contributed by atoms with Gasteiger partial charge >= 0.3 is 5.97 Å². The molecule has 0 rings (SSSR count). The minimum Gasteiger partial charge on any atom is -0.466 e. The molecule has 6 heteroatoms. The lowest BCUT2D eigenvalue weighted by atomic mass is 10.0. The molecule has 69 heavy (non-hydrogen) atoms. The van der Waals surface area contributed by atoms with Gasteiger partial charge in [-0.2, -0.15) is 0 Å². The van der Waals surface area contributed by atoms with Crippen molar-refractivity contribution in [3.05, 3.63) is 48.6 Å². The Hall–Kier alpha value is -2.18. The van der Waals surface area contributed by atoms with Gasteiger partial charge in [0.1, 0.15) is 0 Å². The highest BCUT2D eigenvalue weighted by atomic mass is 16.5. The van der Waals surface area contributed by atoms with Crippen molar-refractivity contribution in [1.29, 1.82) is 0 Å². The van der Waals surface area contributed by atoms with E-state index in [1.807, 2.05) is 0 Å². The molecule has 0 aromatic heterocycles. The Morgan fingerprint density at radius 1 is 0.420 bits per heavy atom. The van der Waals surface area contributed by atoms with Crippen molar-refractivity contribution in [2.45, 2.75) is 328 Å². The molecule has 3 N–H and O–H groups in total. The Labute approximate surface area is 429 Å². The molecular weight excluding hydrogens is 851 g/mol. The Morgan fingerprint density at radius 3 is 1.22 bits per heavy atom. The van der Waals surface area contributed by atoms with Gasteiger partial charge in [-0.25, -0.2) is 0 Å². The molecule has 0 saturated carbocycles. The summed E-state index contributed by atoms with van der Waals surface area (Å²) in [4.78, 5) is 24.5. The van der Waals surface area contributed by atoms with Crippen LogP contribution in [0, 0.1) is 0 Å². The van der Waals surface area contributed by atoms with E-state index in [1.54, 1.807) is 0 Å². The summed E-state index contributed by atoms with van der Waals surface area (Å²) >= 11 is 0. The maximum absolute atomic E-state index is 12.5. The first-order valence-electron chi connectivity index (χ1n) is 30.4. The molecule has 2 atom stereocenters. The van der Waals surface area contributed by atoms with E-state index in [2.05, 4.69) is 67.8 Å². The number of esters is 1. The van der Waals surface area contributed by atoms with Crippen LogP contribution in [0.3, 0.4) is 0 Å². The molecule has 404 valence electrons. The van der Waals surface area contributed by atoms with Gasteiger partial charge in [0.15, 0.2) is 0 Å². The Balaban J connectivity index is 3.52. The van der Waals surface area contributed by atoms with Gasteiger partial charge in [0.05, 0.1) is 25.4 Å². The monoisotopic (exact) mass is 968 g/mol. The highest BCUT2D eigenvalue weighted by Gasteiger charge is 2.20. The number of nitrogens with one attached hydrogen (secondary N) is 1. The minimum atomic E-state index is -0.681. The Bertz CT molecular complexity index is 1160. The van der Waals surface area contributed by atoms with Gasteiger partial charge in [-0.3, -0.25) is 9.59 Å².